The van der Waals surface area contributed by atoms with Crippen molar-refractivity contribution in [1.29, 1.82) is 0 Å². The number of ether oxygens (including phenoxy) is 1. The first-order valence-electron chi connectivity index (χ1n) is 8.69. The number of hydrogen-bond acceptors (Lipinski definition) is 5. The van der Waals surface area contributed by atoms with Gasteiger partial charge in [0.15, 0.2) is 0 Å². The van der Waals surface area contributed by atoms with E-state index in [-0.39, 0.29) is 11.5 Å². The number of rotatable bonds is 9. The minimum absolute atomic E-state index is 0.137. The van der Waals surface area contributed by atoms with E-state index in [1.807, 2.05) is 6.92 Å². The van der Waals surface area contributed by atoms with Gasteiger partial charge in [0.2, 0.25) is 0 Å². The molecule has 3 N–H and O–H groups in total. The number of nitrogens with zero attached hydrogens (tertiary/aromatic N) is 2. The van der Waals surface area contributed by atoms with E-state index in [0.29, 0.717) is 36.3 Å². The molecular weight excluding hydrogens is 391 g/mol. The largest absolute Gasteiger partial charge is 0.383 e. The van der Waals surface area contributed by atoms with Crippen LogP contribution in [0.5, 0.6) is 0 Å². The first-order valence-corrected chi connectivity index (χ1v) is 9.45. The fourth-order valence-electron chi connectivity index (χ4n) is 2.75. The Kier molecular flexibility index (Phi) is 7.77. The number of nitrogens with one attached hydrogen (secondary N) is 1. The van der Waals surface area contributed by atoms with Gasteiger partial charge in [-0.3, -0.25) is 14.3 Å². The number of aromatic amines is 1. The Morgan fingerprint density at radius 3 is 2.67 bits per heavy atom. The molecule has 0 bridgehead atoms. The molecule has 2 aromatic rings. The number of unbranched alkanes of at least 4 members (excludes halogenated alkanes) is 1. The summed E-state index contributed by atoms with van der Waals surface area (Å²) in [7, 11) is 1.57. The van der Waals surface area contributed by atoms with Gasteiger partial charge in [0.25, 0.3) is 5.56 Å². The molecule has 0 radical (unpaired) electrons. The zero-order valence-electron chi connectivity index (χ0n) is 15.4. The summed E-state index contributed by atoms with van der Waals surface area (Å²) >= 11 is 12.2. The van der Waals surface area contributed by atoms with Gasteiger partial charge in [0.05, 0.1) is 6.61 Å². The summed E-state index contributed by atoms with van der Waals surface area (Å²) in [6.45, 7) is 3.54. The Morgan fingerprint density at radius 1 is 1.30 bits per heavy atom. The van der Waals surface area contributed by atoms with E-state index in [2.05, 4.69) is 4.98 Å². The third kappa shape index (κ3) is 5.28. The van der Waals surface area contributed by atoms with Gasteiger partial charge >= 0.3 is 5.69 Å². The lowest BCUT2D eigenvalue weighted by molar-refractivity contribution is 0.205. The highest BCUT2D eigenvalue weighted by atomic mass is 35.5. The van der Waals surface area contributed by atoms with Gasteiger partial charge in [-0.2, -0.15) is 0 Å². The molecule has 0 unspecified atom stereocenters. The van der Waals surface area contributed by atoms with E-state index in [1.165, 1.54) is 4.57 Å². The van der Waals surface area contributed by atoms with Gasteiger partial charge in [0.1, 0.15) is 11.5 Å². The monoisotopic (exact) mass is 414 g/mol. The Balaban J connectivity index is 2.49. The van der Waals surface area contributed by atoms with Gasteiger partial charge in [-0.1, -0.05) is 42.6 Å². The molecule has 0 aliphatic carbocycles. The summed E-state index contributed by atoms with van der Waals surface area (Å²) in [5, 5.41) is 1.01. The van der Waals surface area contributed by atoms with Crippen molar-refractivity contribution in [2.75, 3.05) is 30.9 Å². The molecule has 0 fully saturated rings. The van der Waals surface area contributed by atoms with Gasteiger partial charge < -0.3 is 15.4 Å². The van der Waals surface area contributed by atoms with Crippen molar-refractivity contribution in [3.63, 3.8) is 0 Å². The van der Waals surface area contributed by atoms with E-state index < -0.39 is 11.2 Å². The van der Waals surface area contributed by atoms with Crippen LogP contribution in [0.4, 0.5) is 11.5 Å². The predicted octanol–water partition coefficient (Wildman–Crippen LogP) is 2.88. The predicted molar refractivity (Wildman–Crippen MR) is 110 cm³/mol. The molecule has 0 amide bonds. The van der Waals surface area contributed by atoms with Crippen LogP contribution in [0.2, 0.25) is 10.0 Å². The average molecular weight is 415 g/mol. The number of nitrogens with two attached hydrogens (primary N) is 1. The first-order chi connectivity index (χ1) is 12.9. The number of anilines is 2. The molecule has 2 rings (SSSR count). The van der Waals surface area contributed by atoms with E-state index in [9.17, 15) is 9.59 Å². The van der Waals surface area contributed by atoms with Crippen LogP contribution in [0.15, 0.2) is 27.8 Å². The van der Waals surface area contributed by atoms with Crippen molar-refractivity contribution in [3.05, 3.63) is 54.6 Å². The van der Waals surface area contributed by atoms with Gasteiger partial charge in [-0.15, -0.1) is 0 Å². The maximum atomic E-state index is 12.5. The van der Waals surface area contributed by atoms with Crippen LogP contribution in [-0.4, -0.2) is 29.8 Å². The lowest BCUT2D eigenvalue weighted by Crippen LogP contribution is -2.39. The van der Waals surface area contributed by atoms with E-state index in [0.717, 1.165) is 18.4 Å². The fourth-order valence-corrected chi connectivity index (χ4v) is 3.22. The van der Waals surface area contributed by atoms with E-state index in [1.54, 1.807) is 30.2 Å². The molecule has 148 valence electrons. The zero-order valence-corrected chi connectivity index (χ0v) is 16.9. The zero-order chi connectivity index (χ0) is 20.0. The number of halogens is 2. The molecular formula is C18H24Cl2N4O3. The van der Waals surface area contributed by atoms with Crippen molar-refractivity contribution in [2.45, 2.75) is 32.9 Å². The van der Waals surface area contributed by atoms with E-state index in [4.69, 9.17) is 33.7 Å². The topological polar surface area (TPSA) is 93.3 Å². The maximum absolute atomic E-state index is 12.5. The molecule has 0 spiro atoms. The van der Waals surface area contributed by atoms with Crippen LogP contribution >= 0.6 is 23.2 Å². The molecule has 1 aromatic heterocycles. The second kappa shape index (κ2) is 9.82. The highest BCUT2D eigenvalue weighted by Crippen LogP contribution is 2.25. The molecule has 0 saturated heterocycles. The van der Waals surface area contributed by atoms with Crippen LogP contribution in [0.25, 0.3) is 0 Å². The van der Waals surface area contributed by atoms with Crippen molar-refractivity contribution < 1.29 is 4.74 Å². The number of nitrogen functional groups attached to an aromatic ring is 1. The standard InChI is InChI=1S/C18H24Cl2N4O3/c1-3-4-7-24-16(21)15(17(25)22-18(24)26)23(8-9-27-2)11-12-5-6-13(19)10-14(12)20/h5-6,10H,3-4,7-9,11,21H2,1-2H3,(H,22,25,26). The maximum Gasteiger partial charge on any atom is 0.330 e. The van der Waals surface area contributed by atoms with Crippen LogP contribution in [0.1, 0.15) is 25.3 Å². The molecule has 0 aliphatic heterocycles. The highest BCUT2D eigenvalue weighted by molar-refractivity contribution is 6.35. The second-order valence-corrected chi connectivity index (χ2v) is 6.99. The summed E-state index contributed by atoms with van der Waals surface area (Å²) < 4.78 is 6.55. The molecule has 0 atom stereocenters. The van der Waals surface area contributed by atoms with Crippen molar-refractivity contribution in [1.82, 2.24) is 9.55 Å². The minimum atomic E-state index is -0.536. The van der Waals surface area contributed by atoms with Crippen LogP contribution in [-0.2, 0) is 17.8 Å². The Labute approximate surface area is 167 Å². The number of benzene rings is 1. The Hall–Kier alpha value is -1.96. The minimum Gasteiger partial charge on any atom is -0.383 e. The SMILES string of the molecule is CCCCn1c(N)c(N(CCOC)Cc2ccc(Cl)cc2Cl)c(=O)[nH]c1=O. The normalized spacial score (nSPS) is 11.0. The molecule has 7 nitrogen and oxygen atoms in total. The molecule has 27 heavy (non-hydrogen) atoms. The third-order valence-electron chi connectivity index (χ3n) is 4.21. The van der Waals surface area contributed by atoms with Gasteiger partial charge in [-0.25, -0.2) is 4.79 Å². The lowest BCUT2D eigenvalue weighted by atomic mass is 10.2. The third-order valence-corrected chi connectivity index (χ3v) is 4.79. The number of H-pyrrole nitrogens is 1. The number of hydrogen-bond donors (Lipinski definition) is 2. The Morgan fingerprint density at radius 2 is 2.04 bits per heavy atom. The fraction of sp³-hybridized carbons (Fsp3) is 0.444. The molecule has 9 heteroatoms. The quantitative estimate of drug-likeness (QED) is 0.657. The molecule has 1 aromatic carbocycles. The van der Waals surface area contributed by atoms with Crippen LogP contribution in [0.3, 0.4) is 0 Å². The summed E-state index contributed by atoms with van der Waals surface area (Å²) in [6.07, 6.45) is 1.67. The summed E-state index contributed by atoms with van der Waals surface area (Å²) in [5.74, 6) is 0.137. The molecule has 0 aliphatic rings. The van der Waals surface area contributed by atoms with Crippen LogP contribution < -0.4 is 21.9 Å². The smallest absolute Gasteiger partial charge is 0.330 e. The molecule has 1 heterocycles. The van der Waals surface area contributed by atoms with Crippen molar-refractivity contribution in [2.24, 2.45) is 0 Å². The van der Waals surface area contributed by atoms with E-state index >= 15 is 0 Å². The average Bonchev–Trinajstić information content (AvgIpc) is 2.61. The van der Waals surface area contributed by atoms with Gasteiger partial charge in [-0.05, 0) is 24.1 Å². The van der Waals surface area contributed by atoms with Gasteiger partial charge in [0, 0.05) is 36.8 Å². The summed E-state index contributed by atoms with van der Waals surface area (Å²) in [4.78, 5) is 28.8. The number of aromatic nitrogens is 2. The molecule has 0 saturated carbocycles. The number of methoxy groups -OCH3 is 1. The lowest BCUT2D eigenvalue weighted by Gasteiger charge is -2.26. The highest BCUT2D eigenvalue weighted by Gasteiger charge is 2.20. The van der Waals surface area contributed by atoms with Crippen molar-refractivity contribution in [3.8, 4) is 0 Å². The summed E-state index contributed by atoms with van der Waals surface area (Å²) in [5.41, 5.74) is 6.19. The second-order valence-electron chi connectivity index (χ2n) is 6.15. The van der Waals surface area contributed by atoms with Crippen LogP contribution in [0, 0.1) is 0 Å². The summed E-state index contributed by atoms with van der Waals surface area (Å²) in [6, 6.07) is 5.16. The van der Waals surface area contributed by atoms with Crippen molar-refractivity contribution >= 4 is 34.7 Å². The first kappa shape index (κ1) is 21.3. The Bertz CT molecular complexity index is 895.